The smallest absolute Gasteiger partial charge is 0.408 e. The Kier molecular flexibility index (Phi) is 8.00. The number of fused-ring (bicyclic) bond motifs is 1. The third-order valence-electron chi connectivity index (χ3n) is 6.40. The van der Waals surface area contributed by atoms with Crippen molar-refractivity contribution >= 4 is 34.8 Å². The van der Waals surface area contributed by atoms with Crippen LogP contribution in [0.3, 0.4) is 0 Å². The molecule has 0 saturated heterocycles. The number of ketones is 1. The van der Waals surface area contributed by atoms with Gasteiger partial charge in [-0.2, -0.15) is 0 Å². The number of carbonyl (C=O) groups is 3. The largest absolute Gasteiger partial charge is 0.497 e. The summed E-state index contributed by atoms with van der Waals surface area (Å²) in [6, 6.07) is 23.3. The number of ether oxygens (including phenoxy) is 2. The fourth-order valence-corrected chi connectivity index (χ4v) is 4.15. The molecule has 4 rings (SSSR count). The van der Waals surface area contributed by atoms with E-state index in [4.69, 9.17) is 9.47 Å². The highest BCUT2D eigenvalue weighted by Gasteiger charge is 2.38. The fraction of sp³-hybridized carbons (Fsp3) is 0.300. The summed E-state index contributed by atoms with van der Waals surface area (Å²) >= 11 is 0. The molecule has 3 aromatic carbocycles. The monoisotopic (exact) mass is 515 g/mol. The molecule has 0 aromatic heterocycles. The van der Waals surface area contributed by atoms with Crippen LogP contribution in [0.25, 0.3) is 0 Å². The summed E-state index contributed by atoms with van der Waals surface area (Å²) in [5.41, 5.74) is 2.24. The lowest BCUT2D eigenvalue weighted by Gasteiger charge is -2.28. The van der Waals surface area contributed by atoms with E-state index in [0.717, 1.165) is 11.3 Å². The summed E-state index contributed by atoms with van der Waals surface area (Å²) in [5.74, 6) is 0.0248. The number of amides is 2. The Labute approximate surface area is 223 Å². The highest BCUT2D eigenvalue weighted by Crippen LogP contribution is 2.40. The van der Waals surface area contributed by atoms with E-state index in [-0.39, 0.29) is 25.5 Å². The molecule has 0 fully saturated rings. The first-order valence-corrected chi connectivity index (χ1v) is 12.5. The highest BCUT2D eigenvalue weighted by molar-refractivity contribution is 6.08. The van der Waals surface area contributed by atoms with Crippen molar-refractivity contribution in [3.8, 4) is 5.75 Å². The summed E-state index contributed by atoms with van der Waals surface area (Å²) in [6.07, 6.45) is -0.717. The van der Waals surface area contributed by atoms with Crippen molar-refractivity contribution in [2.75, 3.05) is 30.0 Å². The van der Waals surface area contributed by atoms with Crippen LogP contribution in [-0.2, 0) is 20.9 Å². The minimum absolute atomic E-state index is 0.0691. The van der Waals surface area contributed by atoms with E-state index < -0.39 is 23.5 Å². The maximum atomic E-state index is 14.0. The number of Topliss-reactive ketones (excluding diaryl/α,β-unsaturated/α-hetero) is 1. The summed E-state index contributed by atoms with van der Waals surface area (Å²) in [4.78, 5) is 43.4. The first-order valence-electron chi connectivity index (χ1n) is 12.5. The van der Waals surface area contributed by atoms with Crippen LogP contribution in [0.2, 0.25) is 0 Å². The Balaban J connectivity index is 1.71. The highest BCUT2D eigenvalue weighted by atomic mass is 16.5. The lowest BCUT2D eigenvalue weighted by molar-refractivity contribution is -0.127. The Hall–Kier alpha value is -4.33. The number of nitrogens with one attached hydrogen (secondary N) is 1. The Bertz CT molecular complexity index is 1290. The van der Waals surface area contributed by atoms with Gasteiger partial charge in [0.15, 0.2) is 5.78 Å². The van der Waals surface area contributed by atoms with Crippen molar-refractivity contribution < 1.29 is 23.9 Å². The van der Waals surface area contributed by atoms with Crippen LogP contribution in [0.15, 0.2) is 78.9 Å². The molecular weight excluding hydrogens is 482 g/mol. The fourth-order valence-electron chi connectivity index (χ4n) is 4.15. The SMILES string of the molecule is COc1ccc2c(c1)N(CC(=O)C(C)(C)C)C(=O)C(NC(=O)OCc1ccccc1)CN2c1ccccc1. The van der Waals surface area contributed by atoms with Crippen LogP contribution in [0, 0.1) is 5.41 Å². The standard InChI is InChI=1S/C30H33N3O5/c1-30(2,3)27(34)19-33-26-17-23(37-4)15-16-25(26)32(22-13-9-6-10-14-22)18-24(28(33)35)31-29(36)38-20-21-11-7-5-8-12-21/h5-17,24H,18-20H2,1-4H3,(H,31,36). The third-order valence-corrected chi connectivity index (χ3v) is 6.40. The van der Waals surface area contributed by atoms with E-state index in [0.29, 0.717) is 17.1 Å². The van der Waals surface area contributed by atoms with E-state index in [1.165, 1.54) is 4.90 Å². The second-order valence-corrected chi connectivity index (χ2v) is 10.2. The zero-order valence-electron chi connectivity index (χ0n) is 22.1. The van der Waals surface area contributed by atoms with Crippen LogP contribution < -0.4 is 19.9 Å². The van der Waals surface area contributed by atoms with Gasteiger partial charge in [0.25, 0.3) is 5.91 Å². The molecule has 0 saturated carbocycles. The number of para-hydroxylation sites is 1. The molecule has 8 heteroatoms. The van der Waals surface area contributed by atoms with Gasteiger partial charge in [-0.15, -0.1) is 0 Å². The average Bonchev–Trinajstić information content (AvgIpc) is 3.02. The number of hydrogen-bond acceptors (Lipinski definition) is 6. The molecule has 1 N–H and O–H groups in total. The molecule has 3 aromatic rings. The molecule has 1 aliphatic rings. The van der Waals surface area contributed by atoms with E-state index in [2.05, 4.69) is 5.32 Å². The Morgan fingerprint density at radius 2 is 1.61 bits per heavy atom. The first-order chi connectivity index (χ1) is 18.2. The van der Waals surface area contributed by atoms with Gasteiger partial charge in [-0.3, -0.25) is 9.59 Å². The topological polar surface area (TPSA) is 88.2 Å². The molecule has 1 unspecified atom stereocenters. The van der Waals surface area contributed by atoms with Crippen molar-refractivity contribution in [1.82, 2.24) is 5.32 Å². The van der Waals surface area contributed by atoms with Crippen LogP contribution in [0.5, 0.6) is 5.75 Å². The molecule has 198 valence electrons. The van der Waals surface area contributed by atoms with Crippen LogP contribution in [0.4, 0.5) is 21.9 Å². The third kappa shape index (κ3) is 6.14. The number of nitrogens with zero attached hydrogens (tertiary/aromatic N) is 2. The van der Waals surface area contributed by atoms with E-state index >= 15 is 0 Å². The normalized spacial score (nSPS) is 15.4. The Morgan fingerprint density at radius 3 is 2.24 bits per heavy atom. The van der Waals surface area contributed by atoms with Crippen LogP contribution in [-0.4, -0.2) is 44.0 Å². The summed E-state index contributed by atoms with van der Waals surface area (Å²) in [5, 5.41) is 2.75. The zero-order chi connectivity index (χ0) is 27.3. The molecule has 38 heavy (non-hydrogen) atoms. The Morgan fingerprint density at radius 1 is 0.947 bits per heavy atom. The van der Waals surface area contributed by atoms with Crippen LogP contribution in [0.1, 0.15) is 26.3 Å². The van der Waals surface area contributed by atoms with Crippen molar-refractivity contribution in [2.45, 2.75) is 33.4 Å². The van der Waals surface area contributed by atoms with Gasteiger partial charge in [-0.25, -0.2) is 4.79 Å². The van der Waals surface area contributed by atoms with Gasteiger partial charge in [-0.05, 0) is 29.8 Å². The molecule has 0 bridgehead atoms. The number of rotatable bonds is 7. The number of anilines is 3. The van der Waals surface area contributed by atoms with Gasteiger partial charge in [0.1, 0.15) is 18.4 Å². The van der Waals surface area contributed by atoms with Crippen molar-refractivity contribution in [3.05, 3.63) is 84.4 Å². The summed E-state index contributed by atoms with van der Waals surface area (Å²) in [6.45, 7) is 5.51. The maximum absolute atomic E-state index is 14.0. The number of benzene rings is 3. The molecule has 0 radical (unpaired) electrons. The van der Waals surface area contributed by atoms with Crippen LogP contribution >= 0.6 is 0 Å². The number of carbonyl (C=O) groups excluding carboxylic acids is 3. The van der Waals surface area contributed by atoms with Gasteiger partial charge >= 0.3 is 6.09 Å². The van der Waals surface area contributed by atoms with Gasteiger partial charge in [0.2, 0.25) is 0 Å². The minimum atomic E-state index is -0.982. The van der Waals surface area contributed by atoms with Crippen molar-refractivity contribution in [2.24, 2.45) is 5.41 Å². The summed E-state index contributed by atoms with van der Waals surface area (Å²) in [7, 11) is 1.55. The molecule has 0 aliphatic carbocycles. The number of alkyl carbamates (subject to hydrolysis) is 1. The van der Waals surface area contributed by atoms with E-state index in [1.807, 2.05) is 98.5 Å². The van der Waals surface area contributed by atoms with Gasteiger partial charge in [0.05, 0.1) is 31.6 Å². The van der Waals surface area contributed by atoms with Gasteiger partial charge in [0, 0.05) is 17.2 Å². The number of hydrogen-bond donors (Lipinski definition) is 1. The second-order valence-electron chi connectivity index (χ2n) is 10.2. The molecule has 1 aliphatic heterocycles. The predicted octanol–water partition coefficient (Wildman–Crippen LogP) is 5.09. The molecule has 1 atom stereocenters. The lowest BCUT2D eigenvalue weighted by Crippen LogP contribution is -2.53. The zero-order valence-corrected chi connectivity index (χ0v) is 22.1. The van der Waals surface area contributed by atoms with Crippen molar-refractivity contribution in [3.63, 3.8) is 0 Å². The average molecular weight is 516 g/mol. The quantitative estimate of drug-likeness (QED) is 0.472. The maximum Gasteiger partial charge on any atom is 0.408 e. The lowest BCUT2D eigenvalue weighted by atomic mass is 9.90. The minimum Gasteiger partial charge on any atom is -0.497 e. The first kappa shape index (κ1) is 26.7. The van der Waals surface area contributed by atoms with Gasteiger partial charge < -0.3 is 24.6 Å². The predicted molar refractivity (Wildman–Crippen MR) is 147 cm³/mol. The molecule has 2 amide bonds. The summed E-state index contributed by atoms with van der Waals surface area (Å²) < 4.78 is 10.9. The van der Waals surface area contributed by atoms with E-state index in [1.54, 1.807) is 13.2 Å². The molecule has 0 spiro atoms. The number of methoxy groups -OCH3 is 1. The second kappa shape index (κ2) is 11.4. The molecular formula is C30H33N3O5. The van der Waals surface area contributed by atoms with E-state index in [9.17, 15) is 14.4 Å². The molecule has 1 heterocycles. The van der Waals surface area contributed by atoms with Gasteiger partial charge in [-0.1, -0.05) is 69.3 Å². The van der Waals surface area contributed by atoms with Crippen molar-refractivity contribution in [1.29, 1.82) is 0 Å². The molecule has 8 nitrogen and oxygen atoms in total.